The van der Waals surface area contributed by atoms with E-state index >= 15 is 0 Å². The summed E-state index contributed by atoms with van der Waals surface area (Å²) in [4.78, 5) is 9.00. The second kappa shape index (κ2) is 18.2. The molecular formula is C69H72BN3S. The summed E-state index contributed by atoms with van der Waals surface area (Å²) in [6, 6.07) is 60.8. The lowest BCUT2D eigenvalue weighted by Crippen LogP contribution is -2.60. The number of rotatable bonds is 7. The molecule has 74 heavy (non-hydrogen) atoms. The van der Waals surface area contributed by atoms with Gasteiger partial charge in [-0.1, -0.05) is 186 Å². The predicted octanol–water partition coefficient (Wildman–Crippen LogP) is 18.2. The molecule has 7 aromatic carbocycles. The first-order valence-electron chi connectivity index (χ1n) is 26.9. The second-order valence-electron chi connectivity index (χ2n) is 25.1. The molecule has 0 amide bonds. The van der Waals surface area contributed by atoms with Crippen LogP contribution in [-0.2, 0) is 21.7 Å². The number of anilines is 9. The zero-order chi connectivity index (χ0) is 52.1. The van der Waals surface area contributed by atoms with Gasteiger partial charge in [-0.3, -0.25) is 0 Å². The largest absolute Gasteiger partial charge is 0.311 e. The van der Waals surface area contributed by atoms with E-state index in [1.165, 1.54) is 93.5 Å². The Labute approximate surface area is 447 Å². The van der Waals surface area contributed by atoms with Crippen molar-refractivity contribution < 1.29 is 0 Å². The Morgan fingerprint density at radius 2 is 0.959 bits per heavy atom. The predicted molar refractivity (Wildman–Crippen MR) is 324 cm³/mol. The molecule has 2 aliphatic heterocycles. The smallest absolute Gasteiger partial charge is 0.264 e. The highest BCUT2D eigenvalue weighted by atomic mass is 32.1. The van der Waals surface area contributed by atoms with E-state index in [4.69, 9.17) is 0 Å². The van der Waals surface area contributed by atoms with E-state index in [1.807, 2.05) is 11.3 Å². The Balaban J connectivity index is 1.21. The summed E-state index contributed by atoms with van der Waals surface area (Å²) >= 11 is 1.99. The van der Waals surface area contributed by atoms with E-state index in [0.29, 0.717) is 0 Å². The van der Waals surface area contributed by atoms with Crippen molar-refractivity contribution in [1.29, 1.82) is 0 Å². The van der Waals surface area contributed by atoms with Crippen LogP contribution in [0.3, 0.4) is 0 Å². The van der Waals surface area contributed by atoms with E-state index in [-0.39, 0.29) is 28.4 Å². The van der Waals surface area contributed by atoms with Gasteiger partial charge in [0.1, 0.15) is 0 Å². The fourth-order valence-electron chi connectivity index (χ4n) is 11.4. The molecule has 372 valence electrons. The summed E-state index contributed by atoms with van der Waals surface area (Å²) in [6.07, 6.45) is 9.32. The summed E-state index contributed by atoms with van der Waals surface area (Å²) in [5.74, 6) is 0. The SMILES string of the molecule is Cc1cc2c3c(c1)N(c1ccc(C(C)(C)C)cc1)c1c(sc(-c4ccccc4)c1C1=CCCC=C1)B3c1ccc(N(c3ccc(C(C)(C)C)cc3)c3ccc(C(C)(C)C)cc3)cc1N2c1ccc(C(C)(C)C)cc1. The van der Waals surface area contributed by atoms with E-state index in [1.54, 1.807) is 0 Å². The molecule has 11 rings (SSSR count). The van der Waals surface area contributed by atoms with Gasteiger partial charge < -0.3 is 14.7 Å². The summed E-state index contributed by atoms with van der Waals surface area (Å²) in [7, 11) is 0. The fraction of sp³-hybridized carbons (Fsp3) is 0.275. The van der Waals surface area contributed by atoms with Crippen molar-refractivity contribution in [2.24, 2.45) is 0 Å². The molecule has 3 heterocycles. The van der Waals surface area contributed by atoms with E-state index in [0.717, 1.165) is 35.6 Å². The number of hydrogen-bond acceptors (Lipinski definition) is 4. The molecule has 0 atom stereocenters. The van der Waals surface area contributed by atoms with Crippen molar-refractivity contribution in [3.05, 3.63) is 209 Å². The third-order valence-electron chi connectivity index (χ3n) is 15.6. The monoisotopic (exact) mass is 986 g/mol. The molecule has 8 aromatic rings. The molecule has 0 radical (unpaired) electrons. The van der Waals surface area contributed by atoms with Crippen LogP contribution in [0.15, 0.2) is 176 Å². The summed E-state index contributed by atoms with van der Waals surface area (Å²) < 4.78 is 1.38. The third-order valence-corrected chi connectivity index (χ3v) is 16.8. The van der Waals surface area contributed by atoms with Crippen LogP contribution >= 0.6 is 11.3 Å². The highest BCUT2D eigenvalue weighted by Gasteiger charge is 2.47. The first-order valence-corrected chi connectivity index (χ1v) is 27.7. The number of allylic oxidation sites excluding steroid dienone is 4. The van der Waals surface area contributed by atoms with Crippen molar-refractivity contribution in [3.8, 4) is 10.4 Å². The molecule has 1 aromatic heterocycles. The first kappa shape index (κ1) is 49.4. The van der Waals surface area contributed by atoms with Crippen molar-refractivity contribution >= 4 is 90.5 Å². The molecule has 0 saturated carbocycles. The molecule has 0 bridgehead atoms. The highest BCUT2D eigenvalue weighted by Crippen LogP contribution is 2.52. The minimum Gasteiger partial charge on any atom is -0.311 e. The Kier molecular flexibility index (Phi) is 12.2. The molecule has 3 aliphatic rings. The maximum absolute atomic E-state index is 2.64. The van der Waals surface area contributed by atoms with Gasteiger partial charge in [-0.15, -0.1) is 11.3 Å². The highest BCUT2D eigenvalue weighted by molar-refractivity contribution is 7.31. The van der Waals surface area contributed by atoms with Crippen LogP contribution < -0.4 is 30.4 Å². The Bertz CT molecular complexity index is 3400. The minimum absolute atomic E-state index is 0.0143. The topological polar surface area (TPSA) is 9.72 Å². The number of nitrogens with zero attached hydrogens (tertiary/aromatic N) is 3. The zero-order valence-corrected chi connectivity index (χ0v) is 46.8. The van der Waals surface area contributed by atoms with Gasteiger partial charge in [-0.25, -0.2) is 0 Å². The van der Waals surface area contributed by atoms with E-state index in [9.17, 15) is 0 Å². The zero-order valence-electron chi connectivity index (χ0n) is 46.0. The van der Waals surface area contributed by atoms with Crippen LogP contribution in [0, 0.1) is 6.92 Å². The van der Waals surface area contributed by atoms with Gasteiger partial charge in [0.05, 0.1) is 5.69 Å². The second-order valence-corrected chi connectivity index (χ2v) is 26.2. The lowest BCUT2D eigenvalue weighted by Gasteiger charge is -2.44. The van der Waals surface area contributed by atoms with Gasteiger partial charge >= 0.3 is 0 Å². The Morgan fingerprint density at radius 1 is 0.486 bits per heavy atom. The van der Waals surface area contributed by atoms with Crippen molar-refractivity contribution in [2.45, 2.75) is 125 Å². The van der Waals surface area contributed by atoms with E-state index < -0.39 is 0 Å². The van der Waals surface area contributed by atoms with Crippen LogP contribution in [0.4, 0.5) is 51.2 Å². The summed E-state index contributed by atoms with van der Waals surface area (Å²) in [5.41, 5.74) is 23.8. The van der Waals surface area contributed by atoms with E-state index in [2.05, 4.69) is 281 Å². The fourth-order valence-corrected chi connectivity index (χ4v) is 12.8. The van der Waals surface area contributed by atoms with Crippen molar-refractivity contribution in [1.82, 2.24) is 0 Å². The average molecular weight is 986 g/mol. The van der Waals surface area contributed by atoms with Crippen LogP contribution in [0.2, 0.25) is 0 Å². The number of aryl methyl sites for hydroxylation is 1. The van der Waals surface area contributed by atoms with Gasteiger partial charge in [0, 0.05) is 60.7 Å². The van der Waals surface area contributed by atoms with Gasteiger partial charge in [0.2, 0.25) is 0 Å². The van der Waals surface area contributed by atoms with Crippen molar-refractivity contribution in [2.75, 3.05) is 14.7 Å². The summed E-state index contributed by atoms with van der Waals surface area (Å²) in [5, 5.41) is 0. The maximum Gasteiger partial charge on any atom is 0.264 e. The molecule has 1 aliphatic carbocycles. The van der Waals surface area contributed by atoms with Gasteiger partial charge in [-0.2, -0.15) is 0 Å². The van der Waals surface area contributed by atoms with Crippen LogP contribution in [0.1, 0.15) is 129 Å². The lowest BCUT2D eigenvalue weighted by atomic mass is 9.36. The van der Waals surface area contributed by atoms with Gasteiger partial charge in [-0.05, 0) is 164 Å². The van der Waals surface area contributed by atoms with Crippen LogP contribution in [0.25, 0.3) is 16.0 Å². The molecule has 3 nitrogen and oxygen atoms in total. The average Bonchev–Trinajstić information content (AvgIpc) is 3.77. The normalized spacial score (nSPS) is 14.4. The molecule has 0 fully saturated rings. The number of thiophene rings is 1. The molecular weight excluding hydrogens is 914 g/mol. The van der Waals surface area contributed by atoms with Crippen LogP contribution in [0.5, 0.6) is 0 Å². The number of hydrogen-bond donors (Lipinski definition) is 0. The molecule has 0 unspecified atom stereocenters. The first-order chi connectivity index (χ1) is 35.1. The van der Waals surface area contributed by atoms with Gasteiger partial charge in [0.15, 0.2) is 0 Å². The minimum atomic E-state index is -0.0326. The van der Waals surface area contributed by atoms with Crippen molar-refractivity contribution in [3.63, 3.8) is 0 Å². The maximum atomic E-state index is 2.64. The standard InChI is InChI=1S/C69H72BN3S/c1-45-42-59-62-60(43-45)73(55-38-30-51(31-39-55)69(11,12)13)63-61(46-20-16-14-17-21-46)64(47-22-18-15-19-23-47)74-65(63)70(62)57-41-40-56(44-58(57)72(59)54-36-28-50(29-37-54)68(8,9)10)71(52-32-24-48(25-33-52)66(2,3)4)53-34-26-49(27-35-53)67(5,6)7/h15-16,18-44H,14,17H2,1-13H3. The Hall–Kier alpha value is -6.82. The quantitative estimate of drug-likeness (QED) is 0.147. The third kappa shape index (κ3) is 8.85. The molecule has 0 saturated heterocycles. The lowest BCUT2D eigenvalue weighted by molar-refractivity contribution is 0.590. The summed E-state index contributed by atoms with van der Waals surface area (Å²) in [6.45, 7) is 29.9. The molecule has 0 spiro atoms. The van der Waals surface area contributed by atoms with Gasteiger partial charge in [0.25, 0.3) is 6.71 Å². The Morgan fingerprint density at radius 3 is 1.45 bits per heavy atom. The number of benzene rings is 7. The number of fused-ring (bicyclic) bond motifs is 4. The molecule has 5 heteroatoms. The molecule has 0 N–H and O–H groups in total. The van der Waals surface area contributed by atoms with Crippen LogP contribution in [-0.4, -0.2) is 6.71 Å².